The average Bonchev–Trinajstić information content (AvgIpc) is 2.55. The minimum atomic E-state index is 0.150. The summed E-state index contributed by atoms with van der Waals surface area (Å²) in [7, 11) is 6.91. The van der Waals surface area contributed by atoms with E-state index >= 15 is 0 Å². The van der Waals surface area contributed by atoms with Gasteiger partial charge in [-0.2, -0.15) is 0 Å². The van der Waals surface area contributed by atoms with E-state index in [1.807, 2.05) is 0 Å². The van der Waals surface area contributed by atoms with Crippen molar-refractivity contribution in [3.05, 3.63) is 71.8 Å². The van der Waals surface area contributed by atoms with E-state index < -0.39 is 0 Å². The maximum Gasteiger partial charge on any atom is 0.0967 e. The Morgan fingerprint density at radius 3 is 1.87 bits per heavy atom. The summed E-state index contributed by atoms with van der Waals surface area (Å²) in [6, 6.07) is 21.9. The van der Waals surface area contributed by atoms with Crippen molar-refractivity contribution in [3.63, 3.8) is 0 Å². The van der Waals surface area contributed by atoms with Crippen molar-refractivity contribution in [2.75, 3.05) is 21.1 Å². The van der Waals surface area contributed by atoms with E-state index in [1.165, 1.54) is 11.1 Å². The van der Waals surface area contributed by atoms with E-state index in [-0.39, 0.29) is 12.2 Å². The smallest absolute Gasteiger partial charge is 0.0967 e. The molecule has 0 aromatic heterocycles. The summed E-state index contributed by atoms with van der Waals surface area (Å²) in [6.07, 6.45) is 1.38. The summed E-state index contributed by atoms with van der Waals surface area (Å²) < 4.78 is 7.56. The summed E-state index contributed by atoms with van der Waals surface area (Å²) in [5.74, 6) is 0.484. The van der Waals surface area contributed by atoms with Crippen LogP contribution in [0.5, 0.6) is 0 Å². The van der Waals surface area contributed by atoms with Crippen molar-refractivity contribution in [3.8, 4) is 0 Å². The monoisotopic (exact) mass is 310 g/mol. The molecule has 3 rings (SSSR count). The van der Waals surface area contributed by atoms with Gasteiger partial charge in [0.1, 0.15) is 0 Å². The van der Waals surface area contributed by atoms with Crippen LogP contribution in [0.25, 0.3) is 0 Å². The van der Waals surface area contributed by atoms with Crippen LogP contribution in [0, 0.1) is 5.92 Å². The Bertz CT molecular complexity index is 617. The Morgan fingerprint density at radius 1 is 0.826 bits per heavy atom. The number of hydrogen-bond acceptors (Lipinski definition) is 1. The van der Waals surface area contributed by atoms with Gasteiger partial charge in [-0.1, -0.05) is 67.6 Å². The van der Waals surface area contributed by atoms with Gasteiger partial charge in [-0.3, -0.25) is 0 Å². The first kappa shape index (κ1) is 16.2. The number of rotatable bonds is 3. The first-order valence-corrected chi connectivity index (χ1v) is 8.53. The number of quaternary nitrogens is 1. The minimum Gasteiger partial charge on any atom is -0.365 e. The molecule has 2 aromatic rings. The topological polar surface area (TPSA) is 9.23 Å². The van der Waals surface area contributed by atoms with Crippen LogP contribution < -0.4 is 0 Å². The van der Waals surface area contributed by atoms with Crippen LogP contribution in [0.4, 0.5) is 0 Å². The van der Waals surface area contributed by atoms with Crippen molar-refractivity contribution < 1.29 is 9.22 Å². The molecule has 1 aliphatic heterocycles. The molecule has 0 aliphatic carbocycles. The minimum absolute atomic E-state index is 0.150. The van der Waals surface area contributed by atoms with Gasteiger partial charge in [-0.15, -0.1) is 0 Å². The molecule has 1 aliphatic rings. The number of benzene rings is 2. The highest BCUT2D eigenvalue weighted by molar-refractivity contribution is 5.22. The maximum atomic E-state index is 6.59. The van der Waals surface area contributed by atoms with Crippen molar-refractivity contribution in [1.29, 1.82) is 0 Å². The third-order valence-corrected chi connectivity index (χ3v) is 5.15. The van der Waals surface area contributed by atoms with Crippen LogP contribution in [-0.4, -0.2) is 31.7 Å². The molecule has 2 heteroatoms. The van der Waals surface area contributed by atoms with E-state index in [0.29, 0.717) is 12.0 Å². The molecule has 122 valence electrons. The Balaban J connectivity index is 1.95. The molecule has 0 amide bonds. The van der Waals surface area contributed by atoms with Crippen LogP contribution in [-0.2, 0) is 4.74 Å². The highest BCUT2D eigenvalue weighted by Crippen LogP contribution is 2.44. The lowest BCUT2D eigenvalue weighted by Gasteiger charge is -2.47. The summed E-state index contributed by atoms with van der Waals surface area (Å²) >= 11 is 0. The lowest BCUT2D eigenvalue weighted by molar-refractivity contribution is -0.903. The third kappa shape index (κ3) is 3.49. The van der Waals surface area contributed by atoms with E-state index in [0.717, 1.165) is 10.9 Å². The van der Waals surface area contributed by atoms with Gasteiger partial charge in [-0.25, -0.2) is 0 Å². The largest absolute Gasteiger partial charge is 0.365 e. The van der Waals surface area contributed by atoms with Gasteiger partial charge < -0.3 is 9.22 Å². The SMILES string of the molecule is C[C@H]1[C@H](c2ccccc2)O[C@H](c2ccccc2)C[C@@H]1[N+](C)(C)C. The van der Waals surface area contributed by atoms with Crippen molar-refractivity contribution in [1.82, 2.24) is 0 Å². The van der Waals surface area contributed by atoms with Gasteiger partial charge >= 0.3 is 0 Å². The maximum absolute atomic E-state index is 6.59. The molecule has 0 bridgehead atoms. The van der Waals surface area contributed by atoms with Gasteiger partial charge in [0.2, 0.25) is 0 Å². The van der Waals surface area contributed by atoms with E-state index in [1.54, 1.807) is 0 Å². The zero-order valence-electron chi connectivity index (χ0n) is 14.6. The molecule has 0 unspecified atom stereocenters. The van der Waals surface area contributed by atoms with Crippen molar-refractivity contribution in [2.24, 2.45) is 5.92 Å². The zero-order chi connectivity index (χ0) is 16.4. The Morgan fingerprint density at radius 2 is 1.35 bits per heavy atom. The van der Waals surface area contributed by atoms with Gasteiger partial charge in [0.25, 0.3) is 0 Å². The summed E-state index contributed by atoms with van der Waals surface area (Å²) in [5, 5.41) is 0. The van der Waals surface area contributed by atoms with Crippen LogP contribution >= 0.6 is 0 Å². The highest BCUT2D eigenvalue weighted by Gasteiger charge is 2.43. The summed E-state index contributed by atoms with van der Waals surface area (Å²) in [5.41, 5.74) is 2.58. The standard InChI is InChI=1S/C21H28NO/c1-16-19(22(2,3)4)15-20(17-11-7-5-8-12-17)23-21(16)18-13-9-6-10-14-18/h5-14,16,19-21H,15H2,1-4H3/q+1/t16-,19+,20+,21-/m1/s1. The number of hydrogen-bond donors (Lipinski definition) is 0. The molecular formula is C21H28NO+. The molecule has 0 saturated carbocycles. The second kappa shape index (κ2) is 6.46. The van der Waals surface area contributed by atoms with Crippen LogP contribution in [0.15, 0.2) is 60.7 Å². The molecule has 0 N–H and O–H groups in total. The van der Waals surface area contributed by atoms with Crippen molar-refractivity contribution in [2.45, 2.75) is 31.6 Å². The van der Waals surface area contributed by atoms with Crippen molar-refractivity contribution >= 4 is 0 Å². The summed E-state index contributed by atoms with van der Waals surface area (Å²) in [6.45, 7) is 2.34. The fourth-order valence-electron chi connectivity index (χ4n) is 3.92. The second-order valence-electron chi connectivity index (χ2n) is 7.65. The lowest BCUT2D eigenvalue weighted by atomic mass is 9.82. The zero-order valence-corrected chi connectivity index (χ0v) is 14.6. The Labute approximate surface area is 140 Å². The molecule has 0 radical (unpaired) electrons. The normalized spacial score (nSPS) is 28.5. The molecule has 0 spiro atoms. The fourth-order valence-corrected chi connectivity index (χ4v) is 3.92. The first-order chi connectivity index (χ1) is 11.0. The summed E-state index contributed by atoms with van der Waals surface area (Å²) in [4.78, 5) is 0. The first-order valence-electron chi connectivity index (χ1n) is 8.53. The predicted molar refractivity (Wildman–Crippen MR) is 95.1 cm³/mol. The lowest BCUT2D eigenvalue weighted by Crippen LogP contribution is -2.53. The van der Waals surface area contributed by atoms with Gasteiger partial charge in [0.05, 0.1) is 39.4 Å². The third-order valence-electron chi connectivity index (χ3n) is 5.15. The Hall–Kier alpha value is -1.64. The predicted octanol–water partition coefficient (Wildman–Crippen LogP) is 4.60. The van der Waals surface area contributed by atoms with E-state index in [9.17, 15) is 0 Å². The highest BCUT2D eigenvalue weighted by atomic mass is 16.5. The molecular weight excluding hydrogens is 282 g/mol. The molecule has 4 atom stereocenters. The average molecular weight is 310 g/mol. The van der Waals surface area contributed by atoms with E-state index in [4.69, 9.17) is 4.74 Å². The molecule has 23 heavy (non-hydrogen) atoms. The Kier molecular flexibility index (Phi) is 4.56. The fraction of sp³-hybridized carbons (Fsp3) is 0.429. The van der Waals surface area contributed by atoms with Gasteiger partial charge in [-0.05, 0) is 11.1 Å². The molecule has 2 nitrogen and oxygen atoms in total. The number of ether oxygens (including phenoxy) is 1. The van der Waals surface area contributed by atoms with E-state index in [2.05, 4.69) is 88.7 Å². The van der Waals surface area contributed by atoms with Crippen LogP contribution in [0.2, 0.25) is 0 Å². The van der Waals surface area contributed by atoms with Gasteiger partial charge in [0.15, 0.2) is 0 Å². The number of nitrogens with zero attached hydrogens (tertiary/aromatic N) is 1. The molecule has 1 heterocycles. The van der Waals surface area contributed by atoms with Crippen LogP contribution in [0.1, 0.15) is 36.7 Å². The quantitative estimate of drug-likeness (QED) is 0.753. The second-order valence-corrected chi connectivity index (χ2v) is 7.65. The van der Waals surface area contributed by atoms with Crippen LogP contribution in [0.3, 0.4) is 0 Å². The molecule has 2 aromatic carbocycles. The molecule has 1 fully saturated rings. The van der Waals surface area contributed by atoms with Gasteiger partial charge in [0, 0.05) is 12.3 Å². The molecule has 1 saturated heterocycles.